The molecule has 0 bridgehead atoms. The Labute approximate surface area is 163 Å². The van der Waals surface area contributed by atoms with Gasteiger partial charge in [0.2, 0.25) is 0 Å². The maximum Gasteiger partial charge on any atom is 0.254 e. The summed E-state index contributed by atoms with van der Waals surface area (Å²) in [6, 6.07) is 12.6. The summed E-state index contributed by atoms with van der Waals surface area (Å²) in [5.74, 6) is 0.168. The van der Waals surface area contributed by atoms with Crippen LogP contribution in [0.1, 0.15) is 27.9 Å². The van der Waals surface area contributed by atoms with Gasteiger partial charge in [-0.25, -0.2) is 0 Å². The van der Waals surface area contributed by atoms with Crippen LogP contribution >= 0.6 is 11.3 Å². The SMILES string of the molecule is O=C(c1ccsc1)N1CCCN(Cc2ccc(Cn3cccn3)cc2)CC1. The first-order valence-corrected chi connectivity index (χ1v) is 10.3. The van der Waals surface area contributed by atoms with Gasteiger partial charge in [-0.15, -0.1) is 0 Å². The fraction of sp³-hybridized carbons (Fsp3) is 0.333. The summed E-state index contributed by atoms with van der Waals surface area (Å²) >= 11 is 1.58. The number of aromatic nitrogens is 2. The molecule has 1 saturated heterocycles. The molecule has 0 saturated carbocycles. The van der Waals surface area contributed by atoms with Crippen molar-refractivity contribution < 1.29 is 4.79 Å². The zero-order valence-corrected chi connectivity index (χ0v) is 16.1. The van der Waals surface area contributed by atoms with Crippen LogP contribution in [0.2, 0.25) is 0 Å². The fourth-order valence-corrected chi connectivity index (χ4v) is 4.12. The standard InChI is InChI=1S/C21H24N4OS/c26-21(20-7-14-27-17-20)24-10-2-9-23(12-13-24)15-18-3-5-19(6-4-18)16-25-11-1-8-22-25/h1,3-8,11,14,17H,2,9-10,12-13,15-16H2. The summed E-state index contributed by atoms with van der Waals surface area (Å²) in [4.78, 5) is 17.0. The zero-order chi connectivity index (χ0) is 18.5. The Hall–Kier alpha value is -2.44. The van der Waals surface area contributed by atoms with E-state index in [4.69, 9.17) is 0 Å². The van der Waals surface area contributed by atoms with E-state index in [0.717, 1.165) is 51.3 Å². The van der Waals surface area contributed by atoms with Gasteiger partial charge < -0.3 is 4.90 Å². The molecular weight excluding hydrogens is 356 g/mol. The van der Waals surface area contributed by atoms with Gasteiger partial charge in [-0.3, -0.25) is 14.4 Å². The average molecular weight is 381 g/mol. The van der Waals surface area contributed by atoms with Crippen molar-refractivity contribution in [2.45, 2.75) is 19.5 Å². The molecule has 0 N–H and O–H groups in total. The van der Waals surface area contributed by atoms with Gasteiger partial charge in [0.25, 0.3) is 5.91 Å². The third kappa shape index (κ3) is 4.64. The molecule has 0 spiro atoms. The molecule has 5 nitrogen and oxygen atoms in total. The van der Waals surface area contributed by atoms with Crippen molar-refractivity contribution in [3.05, 3.63) is 76.2 Å². The molecular formula is C21H24N4OS. The van der Waals surface area contributed by atoms with E-state index in [9.17, 15) is 4.79 Å². The molecule has 1 aromatic carbocycles. The molecule has 1 aliphatic heterocycles. The molecule has 27 heavy (non-hydrogen) atoms. The summed E-state index contributed by atoms with van der Waals surface area (Å²) in [7, 11) is 0. The lowest BCUT2D eigenvalue weighted by atomic mass is 10.1. The summed E-state index contributed by atoms with van der Waals surface area (Å²) in [5, 5.41) is 8.16. The zero-order valence-electron chi connectivity index (χ0n) is 15.3. The first-order chi connectivity index (χ1) is 13.3. The van der Waals surface area contributed by atoms with Crippen LogP contribution in [0, 0.1) is 0 Å². The first-order valence-electron chi connectivity index (χ1n) is 9.37. The Morgan fingerprint density at radius 2 is 1.81 bits per heavy atom. The maximum absolute atomic E-state index is 12.6. The number of thiophene rings is 1. The minimum atomic E-state index is 0.168. The Kier molecular flexibility index (Phi) is 5.65. The molecule has 0 aliphatic carbocycles. The fourth-order valence-electron chi connectivity index (χ4n) is 3.49. The number of benzene rings is 1. The maximum atomic E-state index is 12.6. The Morgan fingerprint density at radius 1 is 1.00 bits per heavy atom. The van der Waals surface area contributed by atoms with Gasteiger partial charge in [0.15, 0.2) is 0 Å². The van der Waals surface area contributed by atoms with Crippen molar-refractivity contribution in [1.82, 2.24) is 19.6 Å². The van der Waals surface area contributed by atoms with Gasteiger partial charge in [-0.2, -0.15) is 16.4 Å². The predicted molar refractivity (Wildman–Crippen MR) is 108 cm³/mol. The average Bonchev–Trinajstić information content (AvgIpc) is 3.35. The van der Waals surface area contributed by atoms with Crippen molar-refractivity contribution in [3.8, 4) is 0 Å². The highest BCUT2D eigenvalue weighted by Gasteiger charge is 2.20. The van der Waals surface area contributed by atoms with Gasteiger partial charge in [0, 0.05) is 50.5 Å². The van der Waals surface area contributed by atoms with Gasteiger partial charge in [0.1, 0.15) is 0 Å². The number of carbonyl (C=O) groups is 1. The second-order valence-corrected chi connectivity index (χ2v) is 7.73. The number of hydrogen-bond donors (Lipinski definition) is 0. The van der Waals surface area contributed by atoms with Crippen molar-refractivity contribution in [1.29, 1.82) is 0 Å². The van der Waals surface area contributed by atoms with Crippen molar-refractivity contribution in [2.24, 2.45) is 0 Å². The van der Waals surface area contributed by atoms with E-state index in [1.807, 2.05) is 38.7 Å². The number of amides is 1. The quantitative estimate of drug-likeness (QED) is 0.682. The molecule has 1 amide bonds. The molecule has 6 heteroatoms. The molecule has 0 radical (unpaired) electrons. The first kappa shape index (κ1) is 17.9. The topological polar surface area (TPSA) is 41.4 Å². The Balaban J connectivity index is 1.31. The van der Waals surface area contributed by atoms with E-state index < -0.39 is 0 Å². The van der Waals surface area contributed by atoms with Gasteiger partial charge in [-0.1, -0.05) is 24.3 Å². The summed E-state index contributed by atoms with van der Waals surface area (Å²) in [5.41, 5.74) is 3.39. The predicted octanol–water partition coefficient (Wildman–Crippen LogP) is 3.34. The van der Waals surface area contributed by atoms with Gasteiger partial charge >= 0.3 is 0 Å². The van der Waals surface area contributed by atoms with Crippen LogP contribution in [0.3, 0.4) is 0 Å². The third-order valence-corrected chi connectivity index (χ3v) is 5.66. The lowest BCUT2D eigenvalue weighted by Gasteiger charge is -2.22. The minimum absolute atomic E-state index is 0.168. The largest absolute Gasteiger partial charge is 0.337 e. The molecule has 1 aliphatic rings. The lowest BCUT2D eigenvalue weighted by molar-refractivity contribution is 0.0761. The van der Waals surface area contributed by atoms with E-state index in [0.29, 0.717) is 0 Å². The summed E-state index contributed by atoms with van der Waals surface area (Å²) in [6.45, 7) is 5.33. The minimum Gasteiger partial charge on any atom is -0.337 e. The van der Waals surface area contributed by atoms with Crippen LogP contribution in [-0.2, 0) is 13.1 Å². The van der Waals surface area contributed by atoms with E-state index in [-0.39, 0.29) is 5.91 Å². The summed E-state index contributed by atoms with van der Waals surface area (Å²) < 4.78 is 1.93. The van der Waals surface area contributed by atoms with Crippen LogP contribution in [0.15, 0.2) is 59.6 Å². The number of nitrogens with zero attached hydrogens (tertiary/aromatic N) is 4. The number of rotatable bonds is 5. The highest BCUT2D eigenvalue weighted by atomic mass is 32.1. The monoisotopic (exact) mass is 380 g/mol. The molecule has 3 aromatic rings. The van der Waals surface area contributed by atoms with Crippen LogP contribution in [0.25, 0.3) is 0 Å². The molecule has 0 atom stereocenters. The van der Waals surface area contributed by atoms with E-state index in [2.05, 4.69) is 34.3 Å². The van der Waals surface area contributed by atoms with E-state index in [1.165, 1.54) is 11.1 Å². The second kappa shape index (κ2) is 8.50. The molecule has 1 fully saturated rings. The Morgan fingerprint density at radius 3 is 2.52 bits per heavy atom. The lowest BCUT2D eigenvalue weighted by Crippen LogP contribution is -2.34. The third-order valence-electron chi connectivity index (χ3n) is 4.98. The van der Waals surface area contributed by atoms with Crippen LogP contribution < -0.4 is 0 Å². The van der Waals surface area contributed by atoms with Crippen molar-refractivity contribution in [2.75, 3.05) is 26.2 Å². The number of carbonyl (C=O) groups excluding carboxylic acids is 1. The van der Waals surface area contributed by atoms with Crippen LogP contribution in [-0.4, -0.2) is 51.7 Å². The highest BCUT2D eigenvalue weighted by molar-refractivity contribution is 7.08. The number of hydrogen-bond acceptors (Lipinski definition) is 4. The molecule has 0 unspecified atom stereocenters. The van der Waals surface area contributed by atoms with Gasteiger partial charge in [-0.05, 0) is 35.1 Å². The normalized spacial score (nSPS) is 15.6. The van der Waals surface area contributed by atoms with Crippen molar-refractivity contribution >= 4 is 17.2 Å². The van der Waals surface area contributed by atoms with Gasteiger partial charge in [0.05, 0.1) is 12.1 Å². The molecule has 2 aromatic heterocycles. The van der Waals surface area contributed by atoms with Crippen LogP contribution in [0.5, 0.6) is 0 Å². The summed E-state index contributed by atoms with van der Waals surface area (Å²) in [6.07, 6.45) is 4.81. The Bertz CT molecular complexity index is 843. The highest BCUT2D eigenvalue weighted by Crippen LogP contribution is 2.14. The smallest absolute Gasteiger partial charge is 0.254 e. The molecule has 4 rings (SSSR count). The van der Waals surface area contributed by atoms with Crippen molar-refractivity contribution in [3.63, 3.8) is 0 Å². The van der Waals surface area contributed by atoms with E-state index in [1.54, 1.807) is 17.5 Å². The molecule has 3 heterocycles. The second-order valence-electron chi connectivity index (χ2n) is 6.95. The van der Waals surface area contributed by atoms with E-state index >= 15 is 0 Å². The van der Waals surface area contributed by atoms with Crippen LogP contribution in [0.4, 0.5) is 0 Å². The molecule has 140 valence electrons.